The fraction of sp³-hybridized carbons (Fsp3) is 0.100. The summed E-state index contributed by atoms with van der Waals surface area (Å²) >= 11 is 0. The number of aliphatic hydroxyl groups excluding tert-OH is 1. The number of rotatable bonds is 3. The van der Waals surface area contributed by atoms with Crippen LogP contribution in [0.2, 0.25) is 0 Å². The maximum atomic E-state index is 10.6. The Morgan fingerprint density at radius 1 is 1.31 bits per heavy atom. The summed E-state index contributed by atoms with van der Waals surface area (Å²) in [5.41, 5.74) is 0.439. The Kier molecular flexibility index (Phi) is 2.65. The van der Waals surface area contributed by atoms with E-state index in [-0.39, 0.29) is 11.5 Å². The van der Waals surface area contributed by atoms with Gasteiger partial charge < -0.3 is 14.6 Å². The zero-order valence-corrected chi connectivity index (χ0v) is 8.07. The topological polar surface area (TPSA) is 96.5 Å². The van der Waals surface area contributed by atoms with Gasteiger partial charge in [0.05, 0.1) is 0 Å². The molecule has 6 heteroatoms. The number of aliphatic hydroxyl groups is 1. The van der Waals surface area contributed by atoms with Crippen molar-refractivity contribution in [1.82, 2.24) is 9.97 Å². The van der Waals surface area contributed by atoms with E-state index in [2.05, 4.69) is 9.97 Å². The standard InChI is InChI=1S/C10H8N2O4/c13-9(6-3-11-5-12-4-6)7-1-2-8(16-7)10(14)15/h1-5,9,13H,(H,14,15). The second-order valence-electron chi connectivity index (χ2n) is 3.08. The van der Waals surface area contributed by atoms with Gasteiger partial charge in [-0.25, -0.2) is 14.8 Å². The van der Waals surface area contributed by atoms with Crippen LogP contribution in [-0.2, 0) is 0 Å². The Morgan fingerprint density at radius 2 is 2.00 bits per heavy atom. The molecular weight excluding hydrogens is 212 g/mol. The van der Waals surface area contributed by atoms with Crippen molar-refractivity contribution in [2.45, 2.75) is 6.10 Å². The second kappa shape index (κ2) is 4.11. The number of aromatic carboxylic acids is 1. The first-order chi connectivity index (χ1) is 7.68. The molecule has 0 saturated heterocycles. The normalized spacial score (nSPS) is 12.3. The molecule has 2 N–H and O–H groups in total. The van der Waals surface area contributed by atoms with Crippen LogP contribution >= 0.6 is 0 Å². The molecule has 1 unspecified atom stereocenters. The highest BCUT2D eigenvalue weighted by Gasteiger charge is 2.17. The van der Waals surface area contributed by atoms with Crippen LogP contribution < -0.4 is 0 Å². The van der Waals surface area contributed by atoms with E-state index in [1.54, 1.807) is 0 Å². The number of hydrogen-bond acceptors (Lipinski definition) is 5. The van der Waals surface area contributed by atoms with Crippen LogP contribution in [0, 0.1) is 0 Å². The minimum atomic E-state index is -1.18. The molecule has 16 heavy (non-hydrogen) atoms. The summed E-state index contributed by atoms with van der Waals surface area (Å²) in [5.74, 6) is -1.25. The highest BCUT2D eigenvalue weighted by Crippen LogP contribution is 2.22. The van der Waals surface area contributed by atoms with Gasteiger partial charge in [-0.05, 0) is 12.1 Å². The Bertz CT molecular complexity index is 495. The molecule has 82 valence electrons. The molecule has 0 fully saturated rings. The Hall–Kier alpha value is -2.21. The van der Waals surface area contributed by atoms with Gasteiger partial charge in [-0.3, -0.25) is 0 Å². The van der Waals surface area contributed by atoms with E-state index < -0.39 is 12.1 Å². The molecule has 2 rings (SSSR count). The molecule has 0 aliphatic rings. The molecule has 2 aromatic heterocycles. The summed E-state index contributed by atoms with van der Waals surface area (Å²) in [5, 5.41) is 18.5. The largest absolute Gasteiger partial charge is 0.475 e. The number of carbonyl (C=O) groups is 1. The molecule has 0 bridgehead atoms. The zero-order valence-electron chi connectivity index (χ0n) is 8.07. The molecule has 0 amide bonds. The summed E-state index contributed by atoms with van der Waals surface area (Å²) < 4.78 is 4.96. The molecule has 2 heterocycles. The van der Waals surface area contributed by atoms with Gasteiger partial charge in [0.1, 0.15) is 18.2 Å². The fourth-order valence-electron chi connectivity index (χ4n) is 1.23. The van der Waals surface area contributed by atoms with Crippen molar-refractivity contribution in [3.05, 3.63) is 47.9 Å². The van der Waals surface area contributed by atoms with E-state index >= 15 is 0 Å². The third-order valence-electron chi connectivity index (χ3n) is 2.00. The first-order valence-corrected chi connectivity index (χ1v) is 4.44. The van der Waals surface area contributed by atoms with Gasteiger partial charge in [0.15, 0.2) is 0 Å². The SMILES string of the molecule is O=C(O)c1ccc(C(O)c2cncnc2)o1. The summed E-state index contributed by atoms with van der Waals surface area (Å²) in [6.07, 6.45) is 3.14. The Labute approximate surface area is 90.2 Å². The lowest BCUT2D eigenvalue weighted by molar-refractivity contribution is 0.0655. The second-order valence-corrected chi connectivity index (χ2v) is 3.08. The van der Waals surface area contributed by atoms with Gasteiger partial charge in [0.25, 0.3) is 0 Å². The van der Waals surface area contributed by atoms with Crippen LogP contribution in [0.3, 0.4) is 0 Å². The van der Waals surface area contributed by atoms with Gasteiger partial charge >= 0.3 is 5.97 Å². The van der Waals surface area contributed by atoms with Crippen LogP contribution in [0.4, 0.5) is 0 Å². The number of hydrogen-bond donors (Lipinski definition) is 2. The summed E-state index contributed by atoms with van der Waals surface area (Å²) in [7, 11) is 0. The monoisotopic (exact) mass is 220 g/mol. The lowest BCUT2D eigenvalue weighted by atomic mass is 10.1. The van der Waals surface area contributed by atoms with E-state index in [0.717, 1.165) is 0 Å². The Morgan fingerprint density at radius 3 is 2.56 bits per heavy atom. The van der Waals surface area contributed by atoms with E-state index in [1.165, 1.54) is 30.9 Å². The van der Waals surface area contributed by atoms with Gasteiger partial charge in [-0.15, -0.1) is 0 Å². The summed E-state index contributed by atoms with van der Waals surface area (Å²) in [6, 6.07) is 2.69. The van der Waals surface area contributed by atoms with Gasteiger partial charge in [0.2, 0.25) is 5.76 Å². The molecule has 1 atom stereocenters. The highest BCUT2D eigenvalue weighted by molar-refractivity contribution is 5.84. The van der Waals surface area contributed by atoms with Crippen molar-refractivity contribution >= 4 is 5.97 Å². The maximum absolute atomic E-state index is 10.6. The Balaban J connectivity index is 2.27. The van der Waals surface area contributed by atoms with Crippen molar-refractivity contribution in [1.29, 1.82) is 0 Å². The van der Waals surface area contributed by atoms with Crippen molar-refractivity contribution in [3.63, 3.8) is 0 Å². The lowest BCUT2D eigenvalue weighted by Crippen LogP contribution is -1.99. The van der Waals surface area contributed by atoms with Crippen molar-refractivity contribution < 1.29 is 19.4 Å². The first kappa shape index (κ1) is 10.3. The summed E-state index contributed by atoms with van der Waals surface area (Å²) in [6.45, 7) is 0. The minimum Gasteiger partial charge on any atom is -0.475 e. The predicted molar refractivity (Wildman–Crippen MR) is 51.8 cm³/mol. The maximum Gasteiger partial charge on any atom is 0.371 e. The summed E-state index contributed by atoms with van der Waals surface area (Å²) in [4.78, 5) is 18.1. The number of furan rings is 1. The molecule has 0 aliphatic carbocycles. The number of aromatic nitrogens is 2. The molecule has 2 aromatic rings. The van der Waals surface area contributed by atoms with Crippen LogP contribution in [0.25, 0.3) is 0 Å². The molecule has 0 aromatic carbocycles. The van der Waals surface area contributed by atoms with Crippen molar-refractivity contribution in [2.75, 3.05) is 0 Å². The van der Waals surface area contributed by atoms with E-state index in [9.17, 15) is 9.90 Å². The molecular formula is C10H8N2O4. The third kappa shape index (κ3) is 1.91. The molecule has 0 spiro atoms. The van der Waals surface area contributed by atoms with Crippen LogP contribution in [0.1, 0.15) is 28.0 Å². The molecule has 0 aliphatic heterocycles. The molecule has 6 nitrogen and oxygen atoms in total. The first-order valence-electron chi connectivity index (χ1n) is 4.44. The third-order valence-corrected chi connectivity index (χ3v) is 2.00. The lowest BCUT2D eigenvalue weighted by Gasteiger charge is -2.05. The molecule has 0 radical (unpaired) electrons. The van der Waals surface area contributed by atoms with Crippen molar-refractivity contribution in [3.8, 4) is 0 Å². The van der Waals surface area contributed by atoms with Gasteiger partial charge in [0, 0.05) is 18.0 Å². The average Bonchev–Trinajstić information content (AvgIpc) is 2.78. The minimum absolute atomic E-state index is 0.146. The average molecular weight is 220 g/mol. The zero-order chi connectivity index (χ0) is 11.5. The smallest absolute Gasteiger partial charge is 0.371 e. The fourth-order valence-corrected chi connectivity index (χ4v) is 1.23. The predicted octanol–water partition coefficient (Wildman–Crippen LogP) is 0.849. The van der Waals surface area contributed by atoms with Crippen LogP contribution in [0.5, 0.6) is 0 Å². The van der Waals surface area contributed by atoms with E-state index in [4.69, 9.17) is 9.52 Å². The van der Waals surface area contributed by atoms with Crippen LogP contribution in [0.15, 0.2) is 35.3 Å². The van der Waals surface area contributed by atoms with E-state index in [0.29, 0.717) is 5.56 Å². The highest BCUT2D eigenvalue weighted by atomic mass is 16.4. The number of nitrogens with zero attached hydrogens (tertiary/aromatic N) is 2. The van der Waals surface area contributed by atoms with Gasteiger partial charge in [-0.1, -0.05) is 0 Å². The van der Waals surface area contributed by atoms with E-state index in [1.807, 2.05) is 0 Å². The number of carboxylic acids is 1. The number of carboxylic acid groups (broad SMARTS) is 1. The van der Waals surface area contributed by atoms with Crippen LogP contribution in [-0.4, -0.2) is 26.2 Å². The van der Waals surface area contributed by atoms with Crippen molar-refractivity contribution in [2.24, 2.45) is 0 Å². The quantitative estimate of drug-likeness (QED) is 0.795. The molecule has 0 saturated carbocycles. The van der Waals surface area contributed by atoms with Gasteiger partial charge in [-0.2, -0.15) is 0 Å².